The van der Waals surface area contributed by atoms with E-state index in [2.05, 4.69) is 0 Å². The van der Waals surface area contributed by atoms with Crippen molar-refractivity contribution in [2.75, 3.05) is 0 Å². The first kappa shape index (κ1) is 16.0. The molecule has 1 aromatic heterocycles. The zero-order valence-corrected chi connectivity index (χ0v) is 14.3. The molecule has 0 aliphatic heterocycles. The predicted octanol–water partition coefficient (Wildman–Crippen LogP) is 4.44. The molecule has 3 nitrogen and oxygen atoms in total. The molecule has 3 heteroatoms. The van der Waals surface area contributed by atoms with Gasteiger partial charge >= 0.3 is 0 Å². The van der Waals surface area contributed by atoms with E-state index in [9.17, 15) is 9.59 Å². The highest BCUT2D eigenvalue weighted by Crippen LogP contribution is 2.27. The Balaban J connectivity index is 2.12. The highest BCUT2D eigenvalue weighted by atomic mass is 16.1. The molecule has 0 spiro atoms. The van der Waals surface area contributed by atoms with E-state index in [1.807, 2.05) is 66.2 Å². The molecule has 4 aromatic rings. The molecule has 0 saturated carbocycles. The van der Waals surface area contributed by atoms with E-state index >= 15 is 0 Å². The third-order valence-electron chi connectivity index (χ3n) is 4.62. The highest BCUT2D eigenvalue weighted by molar-refractivity contribution is 6.14. The molecule has 0 amide bonds. The van der Waals surface area contributed by atoms with Crippen LogP contribution in [0.3, 0.4) is 0 Å². The van der Waals surface area contributed by atoms with Crippen molar-refractivity contribution in [2.24, 2.45) is 7.05 Å². The van der Waals surface area contributed by atoms with Gasteiger partial charge in [-0.15, -0.1) is 0 Å². The van der Waals surface area contributed by atoms with E-state index < -0.39 is 0 Å². The number of ketones is 1. The van der Waals surface area contributed by atoms with Gasteiger partial charge in [0.2, 0.25) is 5.43 Å². The fourth-order valence-electron chi connectivity index (χ4n) is 3.37. The summed E-state index contributed by atoms with van der Waals surface area (Å²) in [6.45, 7) is 0. The van der Waals surface area contributed by atoms with Crippen molar-refractivity contribution in [3.8, 4) is 11.3 Å². The summed E-state index contributed by atoms with van der Waals surface area (Å²) in [6.07, 6.45) is 0. The molecule has 1 heterocycles. The largest absolute Gasteiger partial charge is 0.343 e. The van der Waals surface area contributed by atoms with Gasteiger partial charge in [0.15, 0.2) is 5.78 Å². The second-order valence-corrected chi connectivity index (χ2v) is 6.19. The van der Waals surface area contributed by atoms with Crippen molar-refractivity contribution in [3.63, 3.8) is 0 Å². The van der Waals surface area contributed by atoms with Crippen LogP contribution in [-0.4, -0.2) is 10.4 Å². The third kappa shape index (κ3) is 2.54. The van der Waals surface area contributed by atoms with Gasteiger partial charge in [0.1, 0.15) is 0 Å². The lowest BCUT2D eigenvalue weighted by atomic mass is 9.95. The summed E-state index contributed by atoms with van der Waals surface area (Å²) in [5.74, 6) is -0.254. The van der Waals surface area contributed by atoms with Crippen molar-refractivity contribution in [1.29, 1.82) is 0 Å². The summed E-state index contributed by atoms with van der Waals surface area (Å²) in [5, 5.41) is 0.550. The van der Waals surface area contributed by atoms with E-state index in [0.717, 1.165) is 11.1 Å². The van der Waals surface area contributed by atoms with E-state index in [1.165, 1.54) is 0 Å². The van der Waals surface area contributed by atoms with Crippen LogP contribution < -0.4 is 5.43 Å². The van der Waals surface area contributed by atoms with Crippen LogP contribution in [0.25, 0.3) is 22.2 Å². The molecular weight excluding hydrogens is 322 g/mol. The summed E-state index contributed by atoms with van der Waals surface area (Å²) >= 11 is 0. The SMILES string of the molecule is Cn1c(-c2ccccc2)c(C(=O)c2ccccc2)c(=O)c2ccccc21. The minimum absolute atomic E-state index is 0.212. The van der Waals surface area contributed by atoms with Crippen LogP contribution in [0, 0.1) is 0 Å². The Kier molecular flexibility index (Phi) is 3.98. The van der Waals surface area contributed by atoms with E-state index in [-0.39, 0.29) is 16.8 Å². The van der Waals surface area contributed by atoms with Crippen LogP contribution >= 0.6 is 0 Å². The smallest absolute Gasteiger partial charge is 0.201 e. The molecule has 0 aliphatic rings. The Morgan fingerprint density at radius 3 is 2.04 bits per heavy atom. The third-order valence-corrected chi connectivity index (χ3v) is 4.62. The maximum absolute atomic E-state index is 13.3. The average molecular weight is 339 g/mol. The van der Waals surface area contributed by atoms with Gasteiger partial charge in [0.05, 0.1) is 16.8 Å². The number of benzene rings is 3. The second kappa shape index (κ2) is 6.45. The van der Waals surface area contributed by atoms with Crippen LogP contribution in [0.5, 0.6) is 0 Å². The lowest BCUT2D eigenvalue weighted by molar-refractivity contribution is 0.103. The molecule has 0 saturated heterocycles. The number of carbonyl (C=O) groups is 1. The first-order chi connectivity index (χ1) is 12.7. The minimum atomic E-state index is -0.254. The molecule has 0 fully saturated rings. The van der Waals surface area contributed by atoms with Gasteiger partial charge in [0, 0.05) is 18.0 Å². The quantitative estimate of drug-likeness (QED) is 0.518. The summed E-state index contributed by atoms with van der Waals surface area (Å²) in [5.41, 5.74) is 2.79. The van der Waals surface area contributed by atoms with Gasteiger partial charge in [-0.25, -0.2) is 0 Å². The van der Waals surface area contributed by atoms with Gasteiger partial charge < -0.3 is 4.57 Å². The average Bonchev–Trinajstić information content (AvgIpc) is 2.71. The highest BCUT2D eigenvalue weighted by Gasteiger charge is 2.23. The number of pyridine rings is 1. The van der Waals surface area contributed by atoms with Gasteiger partial charge in [-0.3, -0.25) is 9.59 Å². The topological polar surface area (TPSA) is 39.1 Å². The Morgan fingerprint density at radius 2 is 1.35 bits per heavy atom. The maximum atomic E-state index is 13.3. The van der Waals surface area contributed by atoms with Crippen LogP contribution in [0.1, 0.15) is 15.9 Å². The molecule has 0 bridgehead atoms. The lowest BCUT2D eigenvalue weighted by Gasteiger charge is -2.17. The summed E-state index contributed by atoms with van der Waals surface area (Å²) in [6, 6.07) is 25.9. The van der Waals surface area contributed by atoms with Gasteiger partial charge in [-0.05, 0) is 17.7 Å². The van der Waals surface area contributed by atoms with E-state index in [4.69, 9.17) is 0 Å². The number of rotatable bonds is 3. The fraction of sp³-hybridized carbons (Fsp3) is 0.0435. The Bertz CT molecular complexity index is 1160. The normalized spacial score (nSPS) is 10.8. The van der Waals surface area contributed by atoms with Crippen LogP contribution in [0.4, 0.5) is 0 Å². The molecule has 0 N–H and O–H groups in total. The van der Waals surface area contributed by atoms with E-state index in [1.54, 1.807) is 30.3 Å². The first-order valence-corrected chi connectivity index (χ1v) is 8.45. The Labute approximate surface area is 151 Å². The number of carbonyl (C=O) groups excluding carboxylic acids is 1. The zero-order chi connectivity index (χ0) is 18.1. The number of nitrogens with zero attached hydrogens (tertiary/aromatic N) is 1. The number of aromatic nitrogens is 1. The molecule has 0 atom stereocenters. The lowest BCUT2D eigenvalue weighted by Crippen LogP contribution is -2.22. The number of aryl methyl sites for hydroxylation is 1. The Morgan fingerprint density at radius 1 is 0.769 bits per heavy atom. The minimum Gasteiger partial charge on any atom is -0.343 e. The van der Waals surface area contributed by atoms with Crippen molar-refractivity contribution in [3.05, 3.63) is 106 Å². The Hall–Kier alpha value is -3.46. The predicted molar refractivity (Wildman–Crippen MR) is 104 cm³/mol. The number of fused-ring (bicyclic) bond motifs is 1. The van der Waals surface area contributed by atoms with Crippen molar-refractivity contribution >= 4 is 16.7 Å². The number of para-hydroxylation sites is 1. The molecule has 3 aromatic carbocycles. The van der Waals surface area contributed by atoms with Crippen molar-refractivity contribution in [1.82, 2.24) is 4.57 Å². The van der Waals surface area contributed by atoms with Gasteiger partial charge in [0.25, 0.3) is 0 Å². The molecule has 4 rings (SSSR count). The number of hydrogen-bond acceptors (Lipinski definition) is 2. The summed E-state index contributed by atoms with van der Waals surface area (Å²) in [7, 11) is 1.89. The summed E-state index contributed by atoms with van der Waals surface area (Å²) in [4.78, 5) is 26.5. The van der Waals surface area contributed by atoms with Crippen LogP contribution in [0.15, 0.2) is 89.7 Å². The molecule has 126 valence electrons. The molecule has 0 unspecified atom stereocenters. The van der Waals surface area contributed by atoms with Gasteiger partial charge in [-0.1, -0.05) is 72.8 Å². The van der Waals surface area contributed by atoms with Crippen LogP contribution in [-0.2, 0) is 7.05 Å². The first-order valence-electron chi connectivity index (χ1n) is 8.45. The van der Waals surface area contributed by atoms with Gasteiger partial charge in [-0.2, -0.15) is 0 Å². The fourth-order valence-corrected chi connectivity index (χ4v) is 3.37. The van der Waals surface area contributed by atoms with Crippen molar-refractivity contribution in [2.45, 2.75) is 0 Å². The molecule has 26 heavy (non-hydrogen) atoms. The van der Waals surface area contributed by atoms with Crippen LogP contribution in [0.2, 0.25) is 0 Å². The molecule has 0 radical (unpaired) electrons. The summed E-state index contributed by atoms with van der Waals surface area (Å²) < 4.78 is 1.93. The van der Waals surface area contributed by atoms with E-state index in [0.29, 0.717) is 16.6 Å². The maximum Gasteiger partial charge on any atom is 0.201 e. The monoisotopic (exact) mass is 339 g/mol. The molecule has 0 aliphatic carbocycles. The standard InChI is InChI=1S/C23H17NO2/c1-24-19-15-9-8-14-18(19)23(26)20(21(24)16-10-4-2-5-11-16)22(25)17-12-6-3-7-13-17/h2-15H,1H3. The number of hydrogen-bond donors (Lipinski definition) is 0. The zero-order valence-electron chi connectivity index (χ0n) is 14.3. The van der Waals surface area contributed by atoms with Crippen molar-refractivity contribution < 1.29 is 4.79 Å². The second-order valence-electron chi connectivity index (χ2n) is 6.19. The molecular formula is C23H17NO2.